The molecule has 2 aliphatic rings. The molecule has 2 unspecified atom stereocenters. The molecule has 2 aromatic heterocycles. The second-order valence-corrected chi connectivity index (χ2v) is 9.19. The fourth-order valence-electron chi connectivity index (χ4n) is 5.40. The Bertz CT molecular complexity index is 1780. The molecule has 12 heteroatoms. The van der Waals surface area contributed by atoms with Crippen LogP contribution in [0.3, 0.4) is 0 Å². The number of rotatable bonds is 3. The minimum Gasteiger partial charge on any atom is -0.385 e. The van der Waals surface area contributed by atoms with Crippen LogP contribution in [0.1, 0.15) is 47.2 Å². The van der Waals surface area contributed by atoms with Crippen molar-refractivity contribution < 1.29 is 0 Å². The molecule has 0 saturated carbocycles. The van der Waals surface area contributed by atoms with Crippen LogP contribution in [0.25, 0.3) is 0 Å². The summed E-state index contributed by atoms with van der Waals surface area (Å²) in [4.78, 5) is 61.6. The van der Waals surface area contributed by atoms with Gasteiger partial charge >= 0.3 is 11.4 Å². The first-order chi connectivity index (χ1) is 18.3. The highest BCUT2D eigenvalue weighted by Crippen LogP contribution is 2.35. The minimum absolute atomic E-state index is 0.0782. The number of aryl methyl sites for hydroxylation is 2. The molecule has 0 amide bonds. The monoisotopic (exact) mass is 515 g/mol. The van der Waals surface area contributed by atoms with E-state index in [-0.39, 0.29) is 23.7 Å². The lowest BCUT2D eigenvalue weighted by atomic mass is 10.1. The molecule has 0 saturated heterocycles. The van der Waals surface area contributed by atoms with E-state index in [2.05, 4.69) is 21.2 Å². The third-order valence-corrected chi connectivity index (χ3v) is 7.08. The van der Waals surface area contributed by atoms with E-state index in [1.54, 1.807) is 0 Å². The molecular formula is C26H25N7O5. The van der Waals surface area contributed by atoms with Crippen LogP contribution >= 0.6 is 0 Å². The van der Waals surface area contributed by atoms with Gasteiger partial charge in [0.25, 0.3) is 11.1 Å². The molecule has 0 fully saturated rings. The first kappa shape index (κ1) is 24.7. The molecule has 2 aliphatic carbocycles. The predicted molar refractivity (Wildman–Crippen MR) is 143 cm³/mol. The van der Waals surface area contributed by atoms with Gasteiger partial charge in [0.05, 0.1) is 12.1 Å². The molecule has 0 aliphatic heterocycles. The lowest BCUT2D eigenvalue weighted by molar-refractivity contribution is 0.554. The first-order valence-electron chi connectivity index (χ1n) is 12.0. The maximum absolute atomic E-state index is 12.0. The molecule has 2 heterocycles. The number of H-pyrrole nitrogens is 2. The number of nitrogen functional groups attached to an aromatic ring is 2. The van der Waals surface area contributed by atoms with Gasteiger partial charge in [0.2, 0.25) is 5.69 Å². The normalized spacial score (nSPS) is 17.3. The Hall–Kier alpha value is -5.00. The first-order valence-corrected chi connectivity index (χ1v) is 12.0. The highest BCUT2D eigenvalue weighted by atomic mass is 16.3. The van der Waals surface area contributed by atoms with Crippen LogP contribution in [-0.4, -0.2) is 19.1 Å². The summed E-state index contributed by atoms with van der Waals surface area (Å²) in [6.45, 7) is 0. The standard InChI is InChI=1S/C13H12N4O3.C13H13N3O2/c14-11-10(16-20)12(18)15-13(19)17(11)9-6-5-7-3-1-2-4-8(7)9;14-11-7-12(17)15-13(18)16(11)10-6-5-8-3-1-2-4-9(8)10/h1-4,9H,5-6,14H2,(H,15,18,19);1-4,7,10H,5-6,14H2,(H,15,17,18). The number of nitrogens with one attached hydrogen (secondary N) is 2. The van der Waals surface area contributed by atoms with Crippen molar-refractivity contribution in [2.75, 3.05) is 11.5 Å². The Labute approximate surface area is 214 Å². The highest BCUT2D eigenvalue weighted by molar-refractivity contribution is 5.56. The zero-order valence-corrected chi connectivity index (χ0v) is 20.2. The van der Waals surface area contributed by atoms with Crippen molar-refractivity contribution in [2.45, 2.75) is 37.8 Å². The van der Waals surface area contributed by atoms with E-state index in [4.69, 9.17) is 11.5 Å². The van der Waals surface area contributed by atoms with Crippen molar-refractivity contribution in [3.8, 4) is 0 Å². The van der Waals surface area contributed by atoms with Gasteiger partial charge in [-0.25, -0.2) is 9.59 Å². The molecule has 2 atom stereocenters. The quantitative estimate of drug-likeness (QED) is 0.298. The highest BCUT2D eigenvalue weighted by Gasteiger charge is 2.28. The van der Waals surface area contributed by atoms with Gasteiger partial charge in [0, 0.05) is 6.07 Å². The zero-order valence-electron chi connectivity index (χ0n) is 20.2. The van der Waals surface area contributed by atoms with Crippen molar-refractivity contribution in [1.82, 2.24) is 19.1 Å². The Morgan fingerprint density at radius 1 is 0.763 bits per heavy atom. The fraction of sp³-hybridized carbons (Fsp3) is 0.231. The van der Waals surface area contributed by atoms with Crippen molar-refractivity contribution in [3.05, 3.63) is 123 Å². The van der Waals surface area contributed by atoms with Gasteiger partial charge in [-0.05, 0) is 53.1 Å². The number of nitrogens with two attached hydrogens (primary N) is 2. The molecule has 6 N–H and O–H groups in total. The topological polar surface area (TPSA) is 191 Å². The van der Waals surface area contributed by atoms with E-state index in [0.717, 1.165) is 36.0 Å². The summed E-state index contributed by atoms with van der Waals surface area (Å²) in [6.07, 6.45) is 3.25. The number of hydrogen-bond acceptors (Lipinski definition) is 8. The summed E-state index contributed by atoms with van der Waals surface area (Å²) >= 11 is 0. The van der Waals surface area contributed by atoms with E-state index in [9.17, 15) is 24.1 Å². The van der Waals surface area contributed by atoms with E-state index in [1.165, 1.54) is 20.8 Å². The van der Waals surface area contributed by atoms with Gasteiger partial charge in [0.1, 0.15) is 11.6 Å². The van der Waals surface area contributed by atoms with Crippen LogP contribution in [0, 0.1) is 4.91 Å². The molecule has 0 spiro atoms. The van der Waals surface area contributed by atoms with Crippen LogP contribution in [0.15, 0.2) is 79.0 Å². The summed E-state index contributed by atoms with van der Waals surface area (Å²) in [5, 5.41) is 2.62. The van der Waals surface area contributed by atoms with Gasteiger partial charge < -0.3 is 11.5 Å². The van der Waals surface area contributed by atoms with Crippen LogP contribution < -0.4 is 34.0 Å². The van der Waals surface area contributed by atoms with Crippen LogP contribution in [0.5, 0.6) is 0 Å². The number of benzene rings is 2. The van der Waals surface area contributed by atoms with Gasteiger partial charge in [-0.2, -0.15) is 0 Å². The van der Waals surface area contributed by atoms with Crippen molar-refractivity contribution in [1.29, 1.82) is 0 Å². The van der Waals surface area contributed by atoms with Crippen molar-refractivity contribution >= 4 is 17.3 Å². The summed E-state index contributed by atoms with van der Waals surface area (Å²) < 4.78 is 2.71. The Kier molecular flexibility index (Phi) is 6.37. The number of aromatic amines is 2. The molecule has 2 aromatic carbocycles. The third-order valence-electron chi connectivity index (χ3n) is 7.08. The molecule has 194 valence electrons. The van der Waals surface area contributed by atoms with Crippen molar-refractivity contribution in [2.24, 2.45) is 5.18 Å². The summed E-state index contributed by atoms with van der Waals surface area (Å²) in [5.74, 6) is 0.0286. The zero-order chi connectivity index (χ0) is 27.0. The van der Waals surface area contributed by atoms with Gasteiger partial charge in [-0.15, -0.1) is 4.91 Å². The lowest BCUT2D eigenvalue weighted by Gasteiger charge is -2.17. The van der Waals surface area contributed by atoms with E-state index in [0.29, 0.717) is 6.42 Å². The number of hydrogen-bond donors (Lipinski definition) is 4. The maximum atomic E-state index is 12.0. The predicted octanol–water partition coefficient (Wildman–Crippen LogP) is 1.71. The number of nitroso groups, excluding NO2 is 1. The van der Waals surface area contributed by atoms with Crippen molar-refractivity contribution in [3.63, 3.8) is 0 Å². The van der Waals surface area contributed by atoms with Crippen LogP contribution in [0.2, 0.25) is 0 Å². The number of aromatic nitrogens is 4. The average Bonchev–Trinajstić information content (AvgIpc) is 3.49. The van der Waals surface area contributed by atoms with E-state index >= 15 is 0 Å². The SMILES string of the molecule is Nc1c(N=O)c(=O)[nH]c(=O)n1C1CCc2ccccc21.Nc1cc(=O)[nH]c(=O)n1C1CCc2ccccc21. The molecule has 38 heavy (non-hydrogen) atoms. The number of fused-ring (bicyclic) bond motifs is 2. The Morgan fingerprint density at radius 3 is 1.84 bits per heavy atom. The average molecular weight is 516 g/mol. The molecule has 12 nitrogen and oxygen atoms in total. The summed E-state index contributed by atoms with van der Waals surface area (Å²) in [5.41, 5.74) is 13.2. The van der Waals surface area contributed by atoms with Crippen LogP contribution in [-0.2, 0) is 12.8 Å². The second kappa shape index (κ2) is 9.81. The Morgan fingerprint density at radius 2 is 1.29 bits per heavy atom. The van der Waals surface area contributed by atoms with E-state index in [1.807, 2.05) is 42.5 Å². The smallest absolute Gasteiger partial charge is 0.330 e. The molecular weight excluding hydrogens is 490 g/mol. The van der Waals surface area contributed by atoms with E-state index < -0.39 is 28.2 Å². The lowest BCUT2D eigenvalue weighted by Crippen LogP contribution is -2.34. The van der Waals surface area contributed by atoms with Crippen LogP contribution in [0.4, 0.5) is 17.3 Å². The largest absolute Gasteiger partial charge is 0.385 e. The molecule has 4 aromatic rings. The fourth-order valence-corrected chi connectivity index (χ4v) is 5.40. The molecule has 0 radical (unpaired) electrons. The Balaban J connectivity index is 0.000000156. The number of anilines is 2. The molecule has 0 bridgehead atoms. The van der Waals surface area contributed by atoms with Gasteiger partial charge in [-0.3, -0.25) is 28.7 Å². The number of nitrogens with zero attached hydrogens (tertiary/aromatic N) is 3. The second-order valence-electron chi connectivity index (χ2n) is 9.19. The molecule has 6 rings (SSSR count). The minimum atomic E-state index is -0.856. The third kappa shape index (κ3) is 4.25. The van der Waals surface area contributed by atoms with Gasteiger partial charge in [-0.1, -0.05) is 48.5 Å². The van der Waals surface area contributed by atoms with Gasteiger partial charge in [0.15, 0.2) is 0 Å². The summed E-state index contributed by atoms with van der Waals surface area (Å²) in [6, 6.07) is 16.6. The maximum Gasteiger partial charge on any atom is 0.330 e. The summed E-state index contributed by atoms with van der Waals surface area (Å²) in [7, 11) is 0.